The number of anilines is 1. The van der Waals surface area contributed by atoms with Gasteiger partial charge in [-0.15, -0.1) is 0 Å². The molecule has 4 heteroatoms. The van der Waals surface area contributed by atoms with Crippen LogP contribution in [0.3, 0.4) is 0 Å². The van der Waals surface area contributed by atoms with E-state index < -0.39 is 0 Å². The van der Waals surface area contributed by atoms with Gasteiger partial charge in [0.1, 0.15) is 5.82 Å². The van der Waals surface area contributed by atoms with Crippen molar-refractivity contribution in [2.75, 3.05) is 19.0 Å². The van der Waals surface area contributed by atoms with Crippen LogP contribution < -0.4 is 10.2 Å². The highest BCUT2D eigenvalue weighted by Crippen LogP contribution is 2.09. The molecular weight excluding hydrogens is 202 g/mol. The largest absolute Gasteiger partial charge is 0.363 e. The number of rotatable bonds is 2. The summed E-state index contributed by atoms with van der Waals surface area (Å²) in [6, 6.07) is 3.61. The maximum absolute atomic E-state index is 11.8. The Morgan fingerprint density at radius 2 is 1.94 bits per heavy atom. The summed E-state index contributed by atoms with van der Waals surface area (Å²) in [7, 11) is 3.83. The fourth-order valence-corrected chi connectivity index (χ4v) is 1.20. The van der Waals surface area contributed by atoms with Gasteiger partial charge in [0.05, 0.1) is 5.56 Å². The monoisotopic (exact) mass is 221 g/mol. The minimum atomic E-state index is -0.225. The van der Waals surface area contributed by atoms with Crippen LogP contribution in [0.25, 0.3) is 0 Å². The lowest BCUT2D eigenvalue weighted by Crippen LogP contribution is -2.40. The van der Waals surface area contributed by atoms with Gasteiger partial charge in [-0.25, -0.2) is 4.98 Å². The number of nitrogens with zero attached hydrogens (tertiary/aromatic N) is 2. The predicted octanol–water partition coefficient (Wildman–Crippen LogP) is 1.68. The van der Waals surface area contributed by atoms with Crippen molar-refractivity contribution in [2.45, 2.75) is 26.3 Å². The van der Waals surface area contributed by atoms with Crippen LogP contribution in [0.4, 0.5) is 5.82 Å². The third-order valence-corrected chi connectivity index (χ3v) is 1.96. The first kappa shape index (κ1) is 12.5. The van der Waals surface area contributed by atoms with E-state index in [0.717, 1.165) is 5.82 Å². The highest BCUT2D eigenvalue weighted by molar-refractivity contribution is 5.94. The zero-order chi connectivity index (χ0) is 12.3. The number of amides is 1. The van der Waals surface area contributed by atoms with E-state index in [-0.39, 0.29) is 11.4 Å². The van der Waals surface area contributed by atoms with Crippen LogP contribution in [0.2, 0.25) is 0 Å². The lowest BCUT2D eigenvalue weighted by atomic mass is 10.1. The Morgan fingerprint density at radius 1 is 1.31 bits per heavy atom. The average Bonchev–Trinajstić information content (AvgIpc) is 2.15. The van der Waals surface area contributed by atoms with Crippen LogP contribution in [0.5, 0.6) is 0 Å². The van der Waals surface area contributed by atoms with Crippen molar-refractivity contribution in [3.05, 3.63) is 23.9 Å². The summed E-state index contributed by atoms with van der Waals surface area (Å²) < 4.78 is 0. The molecule has 16 heavy (non-hydrogen) atoms. The van der Waals surface area contributed by atoms with Crippen molar-refractivity contribution in [3.63, 3.8) is 0 Å². The Kier molecular flexibility index (Phi) is 3.52. The van der Waals surface area contributed by atoms with Gasteiger partial charge in [0.25, 0.3) is 5.91 Å². The van der Waals surface area contributed by atoms with E-state index in [9.17, 15) is 4.79 Å². The summed E-state index contributed by atoms with van der Waals surface area (Å²) in [5.74, 6) is 0.748. The summed E-state index contributed by atoms with van der Waals surface area (Å²) in [5, 5.41) is 2.89. The second-order valence-electron chi connectivity index (χ2n) is 5.00. The molecule has 1 aromatic heterocycles. The Bertz CT molecular complexity index is 363. The molecular formula is C12H19N3O. The fourth-order valence-electron chi connectivity index (χ4n) is 1.20. The summed E-state index contributed by atoms with van der Waals surface area (Å²) in [6.45, 7) is 5.85. The Morgan fingerprint density at radius 3 is 2.31 bits per heavy atom. The van der Waals surface area contributed by atoms with Crippen molar-refractivity contribution >= 4 is 11.7 Å². The van der Waals surface area contributed by atoms with Crippen LogP contribution in [-0.4, -0.2) is 30.5 Å². The van der Waals surface area contributed by atoms with Gasteiger partial charge in [-0.05, 0) is 32.9 Å². The molecule has 88 valence electrons. The first-order valence-corrected chi connectivity index (χ1v) is 5.25. The van der Waals surface area contributed by atoms with E-state index in [0.29, 0.717) is 5.56 Å². The zero-order valence-electron chi connectivity index (χ0n) is 10.5. The van der Waals surface area contributed by atoms with Gasteiger partial charge in [0.15, 0.2) is 0 Å². The number of carbonyl (C=O) groups excluding carboxylic acids is 1. The van der Waals surface area contributed by atoms with E-state index in [4.69, 9.17) is 0 Å². The molecule has 0 aliphatic heterocycles. The molecule has 0 saturated carbocycles. The molecule has 0 spiro atoms. The Hall–Kier alpha value is -1.58. The number of aromatic nitrogens is 1. The zero-order valence-corrected chi connectivity index (χ0v) is 10.5. The van der Waals surface area contributed by atoms with Crippen molar-refractivity contribution in [1.82, 2.24) is 10.3 Å². The molecule has 0 radical (unpaired) electrons. The van der Waals surface area contributed by atoms with Crippen molar-refractivity contribution in [2.24, 2.45) is 0 Å². The molecule has 1 N–H and O–H groups in total. The van der Waals surface area contributed by atoms with E-state index in [1.54, 1.807) is 12.3 Å². The normalized spacial score (nSPS) is 11.1. The molecule has 0 atom stereocenters. The quantitative estimate of drug-likeness (QED) is 0.826. The molecule has 1 aromatic rings. The van der Waals surface area contributed by atoms with Crippen molar-refractivity contribution < 1.29 is 4.79 Å². The molecule has 4 nitrogen and oxygen atoms in total. The van der Waals surface area contributed by atoms with Crippen LogP contribution in [-0.2, 0) is 0 Å². The second kappa shape index (κ2) is 4.51. The molecule has 0 unspecified atom stereocenters. The molecule has 0 aliphatic rings. The molecule has 0 aromatic carbocycles. The highest BCUT2D eigenvalue weighted by Gasteiger charge is 2.15. The summed E-state index contributed by atoms with van der Waals surface area (Å²) >= 11 is 0. The minimum absolute atomic E-state index is 0.0923. The van der Waals surface area contributed by atoms with E-state index in [1.165, 1.54) is 0 Å². The molecule has 0 saturated heterocycles. The number of hydrogen-bond acceptors (Lipinski definition) is 3. The SMILES string of the molecule is CN(C)c1ccc(C(=O)NC(C)(C)C)cn1. The summed E-state index contributed by atoms with van der Waals surface area (Å²) in [5.41, 5.74) is 0.359. The third-order valence-electron chi connectivity index (χ3n) is 1.96. The van der Waals surface area contributed by atoms with Gasteiger partial charge in [-0.1, -0.05) is 0 Å². The third kappa shape index (κ3) is 3.53. The van der Waals surface area contributed by atoms with Crippen molar-refractivity contribution in [3.8, 4) is 0 Å². The lowest BCUT2D eigenvalue weighted by Gasteiger charge is -2.20. The van der Waals surface area contributed by atoms with Gasteiger partial charge in [0.2, 0.25) is 0 Å². The lowest BCUT2D eigenvalue weighted by molar-refractivity contribution is 0.0919. The fraction of sp³-hybridized carbons (Fsp3) is 0.500. The van der Waals surface area contributed by atoms with Crippen LogP contribution in [0.15, 0.2) is 18.3 Å². The molecule has 1 rings (SSSR count). The van der Waals surface area contributed by atoms with E-state index in [2.05, 4.69) is 10.3 Å². The minimum Gasteiger partial charge on any atom is -0.363 e. The average molecular weight is 221 g/mol. The second-order valence-corrected chi connectivity index (χ2v) is 5.00. The molecule has 0 aliphatic carbocycles. The molecule has 1 heterocycles. The number of carbonyl (C=O) groups is 1. The van der Waals surface area contributed by atoms with E-state index in [1.807, 2.05) is 45.8 Å². The van der Waals surface area contributed by atoms with Crippen LogP contribution in [0, 0.1) is 0 Å². The van der Waals surface area contributed by atoms with Gasteiger partial charge in [-0.2, -0.15) is 0 Å². The highest BCUT2D eigenvalue weighted by atomic mass is 16.1. The molecule has 1 amide bonds. The topological polar surface area (TPSA) is 45.2 Å². The van der Waals surface area contributed by atoms with Gasteiger partial charge in [0, 0.05) is 25.8 Å². The summed E-state index contributed by atoms with van der Waals surface area (Å²) in [4.78, 5) is 17.9. The summed E-state index contributed by atoms with van der Waals surface area (Å²) in [6.07, 6.45) is 1.59. The van der Waals surface area contributed by atoms with E-state index >= 15 is 0 Å². The van der Waals surface area contributed by atoms with Crippen LogP contribution in [0.1, 0.15) is 31.1 Å². The number of nitrogens with one attached hydrogen (secondary N) is 1. The molecule has 0 bridgehead atoms. The standard InChI is InChI=1S/C12H19N3O/c1-12(2,3)14-11(16)9-6-7-10(13-8-9)15(4)5/h6-8H,1-5H3,(H,14,16). The predicted molar refractivity (Wildman–Crippen MR) is 65.8 cm³/mol. The first-order chi connectivity index (χ1) is 7.29. The number of hydrogen-bond donors (Lipinski definition) is 1. The smallest absolute Gasteiger partial charge is 0.253 e. The van der Waals surface area contributed by atoms with Crippen LogP contribution >= 0.6 is 0 Å². The van der Waals surface area contributed by atoms with Crippen molar-refractivity contribution in [1.29, 1.82) is 0 Å². The molecule has 0 fully saturated rings. The maximum Gasteiger partial charge on any atom is 0.253 e. The first-order valence-electron chi connectivity index (χ1n) is 5.25. The van der Waals surface area contributed by atoms with Gasteiger partial charge in [-0.3, -0.25) is 4.79 Å². The maximum atomic E-state index is 11.8. The number of pyridine rings is 1. The van der Waals surface area contributed by atoms with Gasteiger partial charge < -0.3 is 10.2 Å². The van der Waals surface area contributed by atoms with Gasteiger partial charge >= 0.3 is 0 Å². The Balaban J connectivity index is 2.78. The Labute approximate surface area is 96.7 Å².